The molecule has 0 saturated heterocycles. The molecule has 0 aliphatic heterocycles. The maximum absolute atomic E-state index is 12.9. The quantitative estimate of drug-likeness (QED) is 0.0261. The summed E-state index contributed by atoms with van der Waals surface area (Å²) in [6.45, 7) is 6.65. The lowest BCUT2D eigenvalue weighted by Gasteiger charge is -2.18. The van der Waals surface area contributed by atoms with Gasteiger partial charge in [-0.1, -0.05) is 333 Å². The summed E-state index contributed by atoms with van der Waals surface area (Å²) < 4.78 is 16.9. The second-order valence-electron chi connectivity index (χ2n) is 23.1. The van der Waals surface area contributed by atoms with Crippen LogP contribution in [0.3, 0.4) is 0 Å². The van der Waals surface area contributed by atoms with E-state index in [-0.39, 0.29) is 31.1 Å². The molecular formula is C70H130O6. The molecule has 76 heavy (non-hydrogen) atoms. The van der Waals surface area contributed by atoms with Crippen LogP contribution in [-0.4, -0.2) is 37.2 Å². The van der Waals surface area contributed by atoms with E-state index >= 15 is 0 Å². The van der Waals surface area contributed by atoms with E-state index in [1.807, 2.05) is 0 Å². The molecule has 0 aromatic rings. The van der Waals surface area contributed by atoms with E-state index in [1.54, 1.807) is 0 Å². The standard InChI is InChI=1S/C70H130O6/c1-4-7-10-13-16-19-21-23-25-27-29-31-32-33-34-35-36-37-38-40-41-43-45-47-49-51-54-57-60-63-69(72)75-66-67(65-74-68(71)62-59-56-53-18-15-12-9-6-3)76-70(73)64-61-58-55-52-50-48-46-44-42-39-30-28-26-24-22-20-17-14-11-8-5-2/h22,24,28,30,42,44,67H,4-21,23,25-27,29,31-41,43,45-66H2,1-3H3/b24-22-,30-28-,44-42-. The molecule has 0 N–H and O–H groups in total. The molecule has 0 aliphatic rings. The highest BCUT2D eigenvalue weighted by Gasteiger charge is 2.19. The molecule has 0 rings (SSSR count). The molecular weight excluding hydrogens is 937 g/mol. The van der Waals surface area contributed by atoms with Crippen LogP contribution in [-0.2, 0) is 28.6 Å². The number of esters is 3. The average Bonchev–Trinajstić information content (AvgIpc) is 3.42. The normalized spacial score (nSPS) is 12.2. The van der Waals surface area contributed by atoms with Gasteiger partial charge in [0, 0.05) is 19.3 Å². The molecule has 0 fully saturated rings. The fraction of sp³-hybridized carbons (Fsp3) is 0.871. The molecule has 0 spiro atoms. The van der Waals surface area contributed by atoms with Gasteiger partial charge in [-0.05, 0) is 57.8 Å². The van der Waals surface area contributed by atoms with Crippen LogP contribution in [0.5, 0.6) is 0 Å². The van der Waals surface area contributed by atoms with Crippen LogP contribution in [0.15, 0.2) is 36.5 Å². The second-order valence-corrected chi connectivity index (χ2v) is 23.1. The van der Waals surface area contributed by atoms with Crippen molar-refractivity contribution < 1.29 is 28.6 Å². The highest BCUT2D eigenvalue weighted by molar-refractivity contribution is 5.71. The van der Waals surface area contributed by atoms with Crippen molar-refractivity contribution in [1.29, 1.82) is 0 Å². The summed E-state index contributed by atoms with van der Waals surface area (Å²) in [5.74, 6) is -0.867. The lowest BCUT2D eigenvalue weighted by atomic mass is 10.0. The third-order valence-electron chi connectivity index (χ3n) is 15.4. The summed E-state index contributed by atoms with van der Waals surface area (Å²) in [5.41, 5.74) is 0. The molecule has 0 saturated carbocycles. The summed E-state index contributed by atoms with van der Waals surface area (Å²) in [7, 11) is 0. The monoisotopic (exact) mass is 1070 g/mol. The molecule has 0 aromatic heterocycles. The largest absolute Gasteiger partial charge is 0.462 e. The smallest absolute Gasteiger partial charge is 0.306 e. The van der Waals surface area contributed by atoms with Crippen LogP contribution in [0.2, 0.25) is 0 Å². The van der Waals surface area contributed by atoms with Crippen molar-refractivity contribution in [3.63, 3.8) is 0 Å². The van der Waals surface area contributed by atoms with Gasteiger partial charge in [-0.2, -0.15) is 0 Å². The number of allylic oxidation sites excluding steroid dienone is 6. The first kappa shape index (κ1) is 73.6. The molecule has 0 bridgehead atoms. The van der Waals surface area contributed by atoms with E-state index in [9.17, 15) is 14.4 Å². The Labute approximate surface area is 474 Å². The van der Waals surface area contributed by atoms with Crippen LogP contribution in [0.25, 0.3) is 0 Å². The van der Waals surface area contributed by atoms with E-state index < -0.39 is 6.10 Å². The molecule has 0 aliphatic carbocycles. The minimum absolute atomic E-state index is 0.0729. The second kappa shape index (κ2) is 65.2. The molecule has 6 heteroatoms. The van der Waals surface area contributed by atoms with Crippen LogP contribution < -0.4 is 0 Å². The van der Waals surface area contributed by atoms with Crippen LogP contribution in [0, 0.1) is 0 Å². The molecule has 1 atom stereocenters. The number of hydrogen-bond donors (Lipinski definition) is 0. The van der Waals surface area contributed by atoms with Gasteiger partial charge in [0.15, 0.2) is 6.10 Å². The van der Waals surface area contributed by atoms with Crippen molar-refractivity contribution in [2.45, 2.75) is 380 Å². The number of carbonyl (C=O) groups is 3. The molecule has 0 amide bonds. The summed E-state index contributed by atoms with van der Waals surface area (Å²) in [4.78, 5) is 38.2. The Bertz CT molecular complexity index is 1270. The molecule has 0 heterocycles. The summed E-state index contributed by atoms with van der Waals surface area (Å²) >= 11 is 0. The zero-order chi connectivity index (χ0) is 55.0. The minimum Gasteiger partial charge on any atom is -0.462 e. The fourth-order valence-electron chi connectivity index (χ4n) is 10.3. The first-order valence-electron chi connectivity index (χ1n) is 34.0. The van der Waals surface area contributed by atoms with Gasteiger partial charge in [0.1, 0.15) is 13.2 Å². The third kappa shape index (κ3) is 62.5. The lowest BCUT2D eigenvalue weighted by Crippen LogP contribution is -2.30. The molecule has 0 radical (unpaired) electrons. The third-order valence-corrected chi connectivity index (χ3v) is 15.4. The molecule has 0 aromatic carbocycles. The Morgan fingerprint density at radius 1 is 0.263 bits per heavy atom. The van der Waals surface area contributed by atoms with Gasteiger partial charge in [-0.3, -0.25) is 14.4 Å². The van der Waals surface area contributed by atoms with Gasteiger partial charge < -0.3 is 14.2 Å². The topological polar surface area (TPSA) is 78.9 Å². The van der Waals surface area contributed by atoms with Crippen LogP contribution in [0.1, 0.15) is 374 Å². The van der Waals surface area contributed by atoms with Crippen molar-refractivity contribution in [2.75, 3.05) is 13.2 Å². The van der Waals surface area contributed by atoms with Crippen molar-refractivity contribution >= 4 is 17.9 Å². The van der Waals surface area contributed by atoms with Crippen LogP contribution in [0.4, 0.5) is 0 Å². The van der Waals surface area contributed by atoms with E-state index in [4.69, 9.17) is 14.2 Å². The Hall–Kier alpha value is -2.37. The Balaban J connectivity index is 4.08. The van der Waals surface area contributed by atoms with Crippen molar-refractivity contribution in [3.8, 4) is 0 Å². The average molecular weight is 1070 g/mol. The maximum atomic E-state index is 12.9. The van der Waals surface area contributed by atoms with Crippen LogP contribution >= 0.6 is 0 Å². The predicted octanol–water partition coefficient (Wildman–Crippen LogP) is 23.2. The van der Waals surface area contributed by atoms with E-state index in [0.29, 0.717) is 19.3 Å². The Morgan fingerprint density at radius 3 is 0.737 bits per heavy atom. The Kier molecular flexibility index (Phi) is 63.1. The number of hydrogen-bond acceptors (Lipinski definition) is 6. The number of unbranched alkanes of at least 4 members (excludes halogenated alkanes) is 46. The highest BCUT2D eigenvalue weighted by atomic mass is 16.6. The van der Waals surface area contributed by atoms with Gasteiger partial charge in [0.2, 0.25) is 0 Å². The van der Waals surface area contributed by atoms with Gasteiger partial charge in [0.05, 0.1) is 0 Å². The van der Waals surface area contributed by atoms with E-state index in [0.717, 1.165) is 77.0 Å². The minimum atomic E-state index is -0.775. The van der Waals surface area contributed by atoms with Gasteiger partial charge in [-0.15, -0.1) is 0 Å². The first-order chi connectivity index (χ1) is 37.5. The SMILES string of the molecule is CCCCCCC/C=C\C/C=C\C/C=C\CCCCCCCCC(=O)OC(COC(=O)CCCCCCCCCC)COC(=O)CCCCCCCCCCCCCCCCCCCCCCCCCCCCCCC. The number of rotatable bonds is 63. The van der Waals surface area contributed by atoms with Gasteiger partial charge >= 0.3 is 17.9 Å². The molecule has 446 valence electrons. The zero-order valence-corrected chi connectivity index (χ0v) is 51.3. The molecule has 6 nitrogen and oxygen atoms in total. The van der Waals surface area contributed by atoms with Crippen molar-refractivity contribution in [1.82, 2.24) is 0 Å². The lowest BCUT2D eigenvalue weighted by molar-refractivity contribution is -0.167. The van der Waals surface area contributed by atoms with Crippen molar-refractivity contribution in [3.05, 3.63) is 36.5 Å². The maximum Gasteiger partial charge on any atom is 0.306 e. The van der Waals surface area contributed by atoms with Crippen molar-refractivity contribution in [2.24, 2.45) is 0 Å². The molecule has 1 unspecified atom stereocenters. The summed E-state index contributed by atoms with van der Waals surface area (Å²) in [6, 6.07) is 0. The predicted molar refractivity (Wildman–Crippen MR) is 330 cm³/mol. The number of ether oxygens (including phenoxy) is 3. The number of carbonyl (C=O) groups excluding carboxylic acids is 3. The fourth-order valence-corrected chi connectivity index (χ4v) is 10.3. The Morgan fingerprint density at radius 2 is 0.474 bits per heavy atom. The van der Waals surface area contributed by atoms with Gasteiger partial charge in [-0.25, -0.2) is 0 Å². The van der Waals surface area contributed by atoms with E-state index in [1.165, 1.54) is 257 Å². The summed E-state index contributed by atoms with van der Waals surface area (Å²) in [6.07, 6.45) is 80.5. The first-order valence-corrected chi connectivity index (χ1v) is 34.0. The zero-order valence-electron chi connectivity index (χ0n) is 51.3. The highest BCUT2D eigenvalue weighted by Crippen LogP contribution is 2.18. The van der Waals surface area contributed by atoms with E-state index in [2.05, 4.69) is 57.2 Å². The van der Waals surface area contributed by atoms with Gasteiger partial charge in [0.25, 0.3) is 0 Å². The summed E-state index contributed by atoms with van der Waals surface area (Å²) in [5, 5.41) is 0.